The normalized spacial score (nSPS) is 21.7. The Balaban J connectivity index is 1.47. The first-order chi connectivity index (χ1) is 14.1. The molecule has 3 atom stereocenters. The molecule has 1 aromatic carbocycles. The van der Waals surface area contributed by atoms with Crippen LogP contribution in [0.5, 0.6) is 0 Å². The Hall–Kier alpha value is -2.52. The first-order valence-electron chi connectivity index (χ1n) is 10.1. The molecule has 9 heteroatoms. The van der Waals surface area contributed by atoms with Crippen molar-refractivity contribution in [2.75, 3.05) is 11.9 Å². The Morgan fingerprint density at radius 1 is 1.38 bits per heavy atom. The molecule has 1 aromatic heterocycles. The number of hydrogen-bond acceptors (Lipinski definition) is 5. The predicted octanol–water partition coefficient (Wildman–Crippen LogP) is 2.49. The van der Waals surface area contributed by atoms with Crippen molar-refractivity contribution in [1.82, 2.24) is 20.3 Å². The molecule has 3 N–H and O–H groups in total. The molecule has 29 heavy (non-hydrogen) atoms. The van der Waals surface area contributed by atoms with Gasteiger partial charge in [0.2, 0.25) is 0 Å². The number of amides is 2. The molecule has 158 valence electrons. The molecule has 2 aromatic rings. The van der Waals surface area contributed by atoms with Crippen LogP contribution < -0.4 is 10.6 Å². The molecule has 0 aliphatic carbocycles. The number of rotatable bonds is 8. The standard InChI is InChI=1S/C20H28FN5O3/c1-2-5-14-12-26(25-24-14)11-10-15-8-9-18(19(13-27)29-15)23-20(28)22-17-7-4-3-6-16(17)21/h3-4,6-7,12,15,18-19,27H,2,5,8-11,13H2,1H3,(H2,22,23,28)/t15-,18-,19-/m0/s1. The molecule has 1 aliphatic rings. The fourth-order valence-corrected chi connectivity index (χ4v) is 3.49. The first kappa shape index (κ1) is 21.2. The number of carbonyl (C=O) groups excluding carboxylic acids is 1. The van der Waals surface area contributed by atoms with Crippen molar-refractivity contribution in [2.45, 2.75) is 63.8 Å². The highest BCUT2D eigenvalue weighted by atomic mass is 19.1. The lowest BCUT2D eigenvalue weighted by molar-refractivity contribution is -0.0905. The highest BCUT2D eigenvalue weighted by Gasteiger charge is 2.32. The number of aliphatic hydroxyl groups excluding tert-OH is 1. The maximum atomic E-state index is 13.7. The van der Waals surface area contributed by atoms with Crippen molar-refractivity contribution in [3.8, 4) is 0 Å². The molecule has 0 saturated carbocycles. The van der Waals surface area contributed by atoms with Crippen LogP contribution in [0.1, 0.15) is 38.3 Å². The van der Waals surface area contributed by atoms with E-state index in [-0.39, 0.29) is 24.4 Å². The summed E-state index contributed by atoms with van der Waals surface area (Å²) in [4.78, 5) is 12.2. The molecule has 8 nitrogen and oxygen atoms in total. The van der Waals surface area contributed by atoms with E-state index in [1.165, 1.54) is 12.1 Å². The summed E-state index contributed by atoms with van der Waals surface area (Å²) in [5.74, 6) is -0.503. The van der Waals surface area contributed by atoms with Gasteiger partial charge in [0.1, 0.15) is 11.9 Å². The number of carbonyl (C=O) groups is 1. The topological polar surface area (TPSA) is 101 Å². The number of ether oxygens (including phenoxy) is 1. The first-order valence-corrected chi connectivity index (χ1v) is 10.1. The quantitative estimate of drug-likeness (QED) is 0.626. The highest BCUT2D eigenvalue weighted by molar-refractivity contribution is 5.89. The summed E-state index contributed by atoms with van der Waals surface area (Å²) >= 11 is 0. The molecular weight excluding hydrogens is 377 g/mol. The molecule has 1 aliphatic heterocycles. The maximum absolute atomic E-state index is 13.7. The lowest BCUT2D eigenvalue weighted by Crippen LogP contribution is -2.52. The number of hydrogen-bond donors (Lipinski definition) is 3. The zero-order valence-electron chi connectivity index (χ0n) is 16.6. The van der Waals surface area contributed by atoms with Gasteiger partial charge in [0.05, 0.1) is 30.1 Å². The highest BCUT2D eigenvalue weighted by Crippen LogP contribution is 2.23. The molecule has 0 spiro atoms. The Kier molecular flexibility index (Phi) is 7.54. The van der Waals surface area contributed by atoms with E-state index in [0.717, 1.165) is 31.4 Å². The van der Waals surface area contributed by atoms with Crippen LogP contribution in [0.4, 0.5) is 14.9 Å². The average molecular weight is 405 g/mol. The summed E-state index contributed by atoms with van der Waals surface area (Å²) in [5, 5.41) is 23.2. The summed E-state index contributed by atoms with van der Waals surface area (Å²) in [6, 6.07) is 5.10. The van der Waals surface area contributed by atoms with E-state index in [9.17, 15) is 14.3 Å². The minimum Gasteiger partial charge on any atom is -0.394 e. The zero-order chi connectivity index (χ0) is 20.6. The number of nitrogens with one attached hydrogen (secondary N) is 2. The third kappa shape index (κ3) is 5.98. The number of aromatic nitrogens is 3. The molecule has 0 bridgehead atoms. The minimum absolute atomic E-state index is 0.0290. The van der Waals surface area contributed by atoms with E-state index < -0.39 is 18.0 Å². The molecule has 1 fully saturated rings. The molecule has 2 amide bonds. The number of halogens is 1. The number of benzene rings is 1. The van der Waals surface area contributed by atoms with E-state index >= 15 is 0 Å². The molecule has 0 radical (unpaired) electrons. The lowest BCUT2D eigenvalue weighted by Gasteiger charge is -2.36. The van der Waals surface area contributed by atoms with E-state index in [1.807, 2.05) is 10.9 Å². The fourth-order valence-electron chi connectivity index (χ4n) is 3.49. The van der Waals surface area contributed by atoms with E-state index in [0.29, 0.717) is 13.0 Å². The Labute approximate surface area is 169 Å². The van der Waals surface area contributed by atoms with Crippen LogP contribution in [-0.2, 0) is 17.7 Å². The molecule has 3 rings (SSSR count). The smallest absolute Gasteiger partial charge is 0.319 e. The third-order valence-electron chi connectivity index (χ3n) is 5.01. The van der Waals surface area contributed by atoms with Crippen LogP contribution in [0.25, 0.3) is 0 Å². The molecule has 0 unspecified atom stereocenters. The summed E-state index contributed by atoms with van der Waals surface area (Å²) in [6.45, 7) is 2.58. The Morgan fingerprint density at radius 2 is 2.21 bits per heavy atom. The number of aryl methyl sites for hydroxylation is 2. The van der Waals surface area contributed by atoms with Crippen LogP contribution in [0.15, 0.2) is 30.5 Å². The van der Waals surface area contributed by atoms with Gasteiger partial charge in [-0.15, -0.1) is 5.10 Å². The van der Waals surface area contributed by atoms with Gasteiger partial charge in [0.15, 0.2) is 0 Å². The van der Waals surface area contributed by atoms with E-state index in [2.05, 4.69) is 27.9 Å². The number of para-hydroxylation sites is 1. The van der Waals surface area contributed by atoms with Crippen LogP contribution in [0, 0.1) is 5.82 Å². The second kappa shape index (κ2) is 10.3. The molecular formula is C20H28FN5O3. The molecule has 2 heterocycles. The fraction of sp³-hybridized carbons (Fsp3) is 0.550. The van der Waals surface area contributed by atoms with Gasteiger partial charge >= 0.3 is 6.03 Å². The SMILES string of the molecule is CCCc1cn(CC[C@@H]2CC[C@H](NC(=O)Nc3ccccc3F)[C@H](CO)O2)nn1. The average Bonchev–Trinajstić information content (AvgIpc) is 3.17. The van der Waals surface area contributed by atoms with Gasteiger partial charge in [-0.3, -0.25) is 4.68 Å². The van der Waals surface area contributed by atoms with Crippen molar-refractivity contribution >= 4 is 11.7 Å². The maximum Gasteiger partial charge on any atom is 0.319 e. The monoisotopic (exact) mass is 405 g/mol. The van der Waals surface area contributed by atoms with Crippen molar-refractivity contribution in [3.63, 3.8) is 0 Å². The lowest BCUT2D eigenvalue weighted by atomic mass is 9.97. The number of aliphatic hydroxyl groups is 1. The third-order valence-corrected chi connectivity index (χ3v) is 5.01. The van der Waals surface area contributed by atoms with Gasteiger partial charge in [0, 0.05) is 12.7 Å². The van der Waals surface area contributed by atoms with Crippen LogP contribution in [0.3, 0.4) is 0 Å². The summed E-state index contributed by atoms with van der Waals surface area (Å²) in [7, 11) is 0. The number of anilines is 1. The van der Waals surface area contributed by atoms with E-state index in [4.69, 9.17) is 4.74 Å². The van der Waals surface area contributed by atoms with Gasteiger partial charge in [-0.1, -0.05) is 30.7 Å². The zero-order valence-corrected chi connectivity index (χ0v) is 16.6. The van der Waals surface area contributed by atoms with Crippen LogP contribution in [-0.4, -0.2) is 51.0 Å². The van der Waals surface area contributed by atoms with Crippen LogP contribution >= 0.6 is 0 Å². The molecule has 1 saturated heterocycles. The number of nitrogens with zero attached hydrogens (tertiary/aromatic N) is 3. The van der Waals surface area contributed by atoms with Gasteiger partial charge in [-0.05, 0) is 37.8 Å². The second-order valence-corrected chi connectivity index (χ2v) is 7.25. The van der Waals surface area contributed by atoms with E-state index in [1.54, 1.807) is 12.1 Å². The minimum atomic E-state index is -0.522. The van der Waals surface area contributed by atoms with Crippen molar-refractivity contribution in [1.29, 1.82) is 0 Å². The van der Waals surface area contributed by atoms with Gasteiger partial charge in [-0.25, -0.2) is 9.18 Å². The summed E-state index contributed by atoms with van der Waals surface area (Å²) in [6.07, 6.45) is 5.52. The largest absolute Gasteiger partial charge is 0.394 e. The summed E-state index contributed by atoms with van der Waals surface area (Å²) in [5.41, 5.74) is 1.09. The second-order valence-electron chi connectivity index (χ2n) is 7.25. The van der Waals surface area contributed by atoms with Gasteiger partial charge in [-0.2, -0.15) is 0 Å². The van der Waals surface area contributed by atoms with Crippen molar-refractivity contribution < 1.29 is 19.0 Å². The number of urea groups is 1. The Bertz CT molecular complexity index is 800. The van der Waals surface area contributed by atoms with Gasteiger partial charge < -0.3 is 20.5 Å². The predicted molar refractivity (Wildman–Crippen MR) is 106 cm³/mol. The van der Waals surface area contributed by atoms with Crippen molar-refractivity contribution in [3.05, 3.63) is 42.0 Å². The van der Waals surface area contributed by atoms with Crippen LogP contribution in [0.2, 0.25) is 0 Å². The Morgan fingerprint density at radius 3 is 2.97 bits per heavy atom. The van der Waals surface area contributed by atoms with Crippen molar-refractivity contribution in [2.24, 2.45) is 0 Å². The van der Waals surface area contributed by atoms with Gasteiger partial charge in [0.25, 0.3) is 0 Å². The summed E-state index contributed by atoms with van der Waals surface area (Å²) < 4.78 is 21.5.